The van der Waals surface area contributed by atoms with Gasteiger partial charge in [0.2, 0.25) is 6.41 Å². The smallest absolute Gasteiger partial charge is 0.394 e. The highest BCUT2D eigenvalue weighted by Crippen LogP contribution is 2.32. The van der Waals surface area contributed by atoms with Gasteiger partial charge in [-0.15, -0.1) is 0 Å². The van der Waals surface area contributed by atoms with Crippen molar-refractivity contribution < 1.29 is 27.5 Å². The molecule has 0 heterocycles. The number of rotatable bonds is 6. The van der Waals surface area contributed by atoms with Crippen molar-refractivity contribution in [1.29, 1.82) is 0 Å². The largest absolute Gasteiger partial charge is 0.467 e. The molecule has 1 amide bonds. The molecule has 1 aromatic carbocycles. The van der Waals surface area contributed by atoms with Gasteiger partial charge in [-0.2, -0.15) is 13.2 Å². The Morgan fingerprint density at radius 3 is 2.40 bits per heavy atom. The topological polar surface area (TPSA) is 55.4 Å². The zero-order chi connectivity index (χ0) is 15.2. The Bertz CT molecular complexity index is 448. The van der Waals surface area contributed by atoms with Gasteiger partial charge in [0, 0.05) is 0 Å². The SMILES string of the molecule is COC(=O)[C@H](NC=O)[C@@H](Cc1ccccc1)C(F)(F)F. The number of ether oxygens (including phenoxy) is 1. The monoisotopic (exact) mass is 289 g/mol. The van der Waals surface area contributed by atoms with Gasteiger partial charge in [-0.05, 0) is 12.0 Å². The molecule has 0 bridgehead atoms. The lowest BCUT2D eigenvalue weighted by Crippen LogP contribution is -2.49. The molecule has 0 unspecified atom stereocenters. The minimum atomic E-state index is -4.65. The van der Waals surface area contributed by atoms with E-state index < -0.39 is 30.5 Å². The molecule has 4 nitrogen and oxygen atoms in total. The van der Waals surface area contributed by atoms with Gasteiger partial charge >= 0.3 is 12.1 Å². The van der Waals surface area contributed by atoms with Crippen LogP contribution in [0.5, 0.6) is 0 Å². The predicted molar refractivity (Wildman–Crippen MR) is 64.7 cm³/mol. The van der Waals surface area contributed by atoms with Crippen molar-refractivity contribution in [2.45, 2.75) is 18.6 Å². The highest BCUT2D eigenvalue weighted by atomic mass is 19.4. The van der Waals surface area contributed by atoms with E-state index in [0.29, 0.717) is 5.56 Å². The summed E-state index contributed by atoms with van der Waals surface area (Å²) in [6, 6.07) is 6.15. The van der Waals surface area contributed by atoms with Crippen molar-refractivity contribution >= 4 is 12.4 Å². The van der Waals surface area contributed by atoms with Crippen LogP contribution >= 0.6 is 0 Å². The van der Waals surface area contributed by atoms with Crippen LogP contribution in [0.2, 0.25) is 0 Å². The highest BCUT2D eigenvalue weighted by Gasteiger charge is 2.47. The fraction of sp³-hybridized carbons (Fsp3) is 0.385. The molecule has 20 heavy (non-hydrogen) atoms. The first-order valence-corrected chi connectivity index (χ1v) is 5.78. The maximum atomic E-state index is 13.1. The molecule has 110 valence electrons. The molecule has 0 saturated heterocycles. The Balaban J connectivity index is 3.04. The molecular weight excluding hydrogens is 275 g/mol. The number of alkyl halides is 3. The number of hydrogen-bond acceptors (Lipinski definition) is 3. The van der Waals surface area contributed by atoms with Crippen LogP contribution in [-0.2, 0) is 20.7 Å². The minimum Gasteiger partial charge on any atom is -0.467 e. The summed E-state index contributed by atoms with van der Waals surface area (Å²) in [6.07, 6.45) is -5.01. The molecule has 0 fully saturated rings. The summed E-state index contributed by atoms with van der Waals surface area (Å²) in [4.78, 5) is 21.9. The van der Waals surface area contributed by atoms with E-state index in [1.54, 1.807) is 18.2 Å². The van der Waals surface area contributed by atoms with Crippen molar-refractivity contribution in [3.05, 3.63) is 35.9 Å². The number of nitrogens with one attached hydrogen (secondary N) is 1. The normalized spacial score (nSPS) is 14.2. The van der Waals surface area contributed by atoms with E-state index >= 15 is 0 Å². The zero-order valence-corrected chi connectivity index (χ0v) is 10.7. The lowest BCUT2D eigenvalue weighted by atomic mass is 9.91. The first kappa shape index (κ1) is 16.0. The molecule has 7 heteroatoms. The quantitative estimate of drug-likeness (QED) is 0.640. The molecule has 0 radical (unpaired) electrons. The van der Waals surface area contributed by atoms with Gasteiger partial charge in [-0.25, -0.2) is 4.79 Å². The number of esters is 1. The third-order valence-electron chi connectivity index (χ3n) is 2.82. The first-order valence-electron chi connectivity index (χ1n) is 5.78. The third kappa shape index (κ3) is 4.25. The molecule has 0 saturated carbocycles. The minimum absolute atomic E-state index is 0.0608. The van der Waals surface area contributed by atoms with E-state index in [2.05, 4.69) is 4.74 Å². The summed E-state index contributed by atoms with van der Waals surface area (Å²) in [5.41, 5.74) is 0.413. The molecule has 2 atom stereocenters. The highest BCUT2D eigenvalue weighted by molar-refractivity contribution is 5.78. The standard InChI is InChI=1S/C13H14F3NO3/c1-20-12(19)11(17-8-18)10(13(14,15)16)7-9-5-3-2-4-6-9/h2-6,8,10-11H,7H2,1H3,(H,17,18)/t10-,11-/m1/s1. The van der Waals surface area contributed by atoms with E-state index in [9.17, 15) is 22.8 Å². The van der Waals surface area contributed by atoms with Gasteiger partial charge in [0.05, 0.1) is 13.0 Å². The van der Waals surface area contributed by atoms with Crippen molar-refractivity contribution in [1.82, 2.24) is 5.32 Å². The molecule has 1 N–H and O–H groups in total. The van der Waals surface area contributed by atoms with E-state index in [4.69, 9.17) is 0 Å². The summed E-state index contributed by atoms with van der Waals surface area (Å²) in [7, 11) is 0.970. The number of halogens is 3. The van der Waals surface area contributed by atoms with Crippen LogP contribution in [0.4, 0.5) is 13.2 Å². The van der Waals surface area contributed by atoms with Gasteiger partial charge in [-0.3, -0.25) is 4.79 Å². The third-order valence-corrected chi connectivity index (χ3v) is 2.82. The van der Waals surface area contributed by atoms with E-state index in [1.807, 2.05) is 5.32 Å². The van der Waals surface area contributed by atoms with Crippen LogP contribution < -0.4 is 5.32 Å². The van der Waals surface area contributed by atoms with Crippen LogP contribution in [0, 0.1) is 5.92 Å². The lowest BCUT2D eigenvalue weighted by Gasteiger charge is -2.26. The Kier molecular flexibility index (Phi) is 5.54. The average molecular weight is 289 g/mol. The van der Waals surface area contributed by atoms with Crippen molar-refractivity contribution in [2.24, 2.45) is 5.92 Å². The Morgan fingerprint density at radius 1 is 1.35 bits per heavy atom. The summed E-state index contributed by atoms with van der Waals surface area (Å²) in [5.74, 6) is -3.18. The van der Waals surface area contributed by atoms with Crippen LogP contribution in [0.25, 0.3) is 0 Å². The molecule has 0 spiro atoms. The van der Waals surface area contributed by atoms with Crippen LogP contribution in [0.3, 0.4) is 0 Å². The fourth-order valence-corrected chi connectivity index (χ4v) is 1.84. The summed E-state index contributed by atoms with van der Waals surface area (Å²) >= 11 is 0. The molecule has 0 aromatic heterocycles. The van der Waals surface area contributed by atoms with Gasteiger partial charge in [-0.1, -0.05) is 30.3 Å². The van der Waals surface area contributed by atoms with E-state index in [1.165, 1.54) is 12.1 Å². The Labute approximate surface area is 113 Å². The van der Waals surface area contributed by atoms with Crippen LogP contribution in [-0.4, -0.2) is 31.7 Å². The number of methoxy groups -OCH3 is 1. The molecular formula is C13H14F3NO3. The van der Waals surface area contributed by atoms with Gasteiger partial charge < -0.3 is 10.1 Å². The summed E-state index contributed by atoms with van der Waals surface area (Å²) in [5, 5.41) is 1.89. The van der Waals surface area contributed by atoms with Gasteiger partial charge in [0.1, 0.15) is 6.04 Å². The Hall–Kier alpha value is -2.05. The van der Waals surface area contributed by atoms with Crippen molar-refractivity contribution in [3.8, 4) is 0 Å². The fourth-order valence-electron chi connectivity index (χ4n) is 1.84. The maximum Gasteiger partial charge on any atom is 0.394 e. The van der Waals surface area contributed by atoms with E-state index in [-0.39, 0.29) is 6.41 Å². The van der Waals surface area contributed by atoms with Crippen molar-refractivity contribution in [2.75, 3.05) is 7.11 Å². The second kappa shape index (κ2) is 6.93. The molecule has 1 rings (SSSR count). The number of carbonyl (C=O) groups is 2. The van der Waals surface area contributed by atoms with Gasteiger partial charge in [0.15, 0.2) is 0 Å². The number of carbonyl (C=O) groups excluding carboxylic acids is 2. The second-order valence-electron chi connectivity index (χ2n) is 4.12. The molecule has 0 aliphatic rings. The Morgan fingerprint density at radius 2 is 1.95 bits per heavy atom. The average Bonchev–Trinajstić information content (AvgIpc) is 2.42. The predicted octanol–water partition coefficient (Wildman–Crippen LogP) is 1.70. The zero-order valence-electron chi connectivity index (χ0n) is 10.7. The summed E-state index contributed by atoms with van der Waals surface area (Å²) < 4.78 is 43.7. The number of amides is 1. The maximum absolute atomic E-state index is 13.1. The molecule has 0 aliphatic carbocycles. The molecule has 1 aromatic rings. The molecule has 0 aliphatic heterocycles. The number of hydrogen-bond donors (Lipinski definition) is 1. The second-order valence-corrected chi connectivity index (χ2v) is 4.12. The van der Waals surface area contributed by atoms with Crippen LogP contribution in [0.15, 0.2) is 30.3 Å². The van der Waals surface area contributed by atoms with Gasteiger partial charge in [0.25, 0.3) is 0 Å². The lowest BCUT2D eigenvalue weighted by molar-refractivity contribution is -0.190. The van der Waals surface area contributed by atoms with Crippen LogP contribution in [0.1, 0.15) is 5.56 Å². The van der Waals surface area contributed by atoms with E-state index in [0.717, 1.165) is 7.11 Å². The number of benzene rings is 1. The van der Waals surface area contributed by atoms with Crippen molar-refractivity contribution in [3.63, 3.8) is 0 Å². The first-order chi connectivity index (χ1) is 9.40. The summed E-state index contributed by atoms with van der Waals surface area (Å²) in [6.45, 7) is 0.